The van der Waals surface area contributed by atoms with Gasteiger partial charge in [-0.2, -0.15) is 0 Å². The Morgan fingerprint density at radius 3 is 2.72 bits per heavy atom. The number of hydrogen-bond donors (Lipinski definition) is 1. The van der Waals surface area contributed by atoms with Crippen molar-refractivity contribution in [2.45, 2.75) is 26.2 Å². The number of nitrogens with zero attached hydrogens (tertiary/aromatic N) is 3. The molecular formula is C18H22N4O3. The topological polar surface area (TPSA) is 84.3 Å². The zero-order chi connectivity index (χ0) is 18.4. The fourth-order valence-electron chi connectivity index (χ4n) is 2.35. The maximum Gasteiger partial charge on any atom is 0.259 e. The summed E-state index contributed by atoms with van der Waals surface area (Å²) < 4.78 is 1.35. The number of unbranched alkanes of at least 4 members (excludes halogenated alkanes) is 1. The third kappa shape index (κ3) is 4.53. The first-order valence-corrected chi connectivity index (χ1v) is 8.12. The summed E-state index contributed by atoms with van der Waals surface area (Å²) in [5.41, 5.74) is 1.21. The number of carbonyl (C=O) groups is 2. The van der Waals surface area contributed by atoms with E-state index in [1.807, 2.05) is 6.92 Å². The van der Waals surface area contributed by atoms with E-state index in [1.54, 1.807) is 26.4 Å². The Hall–Kier alpha value is -2.96. The second-order valence-electron chi connectivity index (χ2n) is 5.78. The van der Waals surface area contributed by atoms with E-state index in [4.69, 9.17) is 0 Å². The smallest absolute Gasteiger partial charge is 0.259 e. The molecule has 25 heavy (non-hydrogen) atoms. The van der Waals surface area contributed by atoms with Crippen LogP contribution in [0.25, 0.3) is 0 Å². The number of rotatable bonds is 6. The van der Waals surface area contributed by atoms with Crippen LogP contribution in [0.5, 0.6) is 0 Å². The van der Waals surface area contributed by atoms with Crippen molar-refractivity contribution in [1.29, 1.82) is 0 Å². The van der Waals surface area contributed by atoms with Crippen molar-refractivity contribution in [3.05, 3.63) is 52.7 Å². The van der Waals surface area contributed by atoms with Gasteiger partial charge in [0.2, 0.25) is 11.5 Å². The molecule has 0 fully saturated rings. The molecule has 2 heterocycles. The third-order valence-corrected chi connectivity index (χ3v) is 3.83. The molecule has 7 nitrogen and oxygen atoms in total. The van der Waals surface area contributed by atoms with Gasteiger partial charge in [-0.25, -0.2) is 0 Å². The molecule has 0 aromatic carbocycles. The number of aromatic nitrogens is 2. The van der Waals surface area contributed by atoms with Gasteiger partial charge in [-0.15, -0.1) is 0 Å². The maximum atomic E-state index is 12.7. The first-order valence-electron chi connectivity index (χ1n) is 8.12. The van der Waals surface area contributed by atoms with Crippen LogP contribution in [0.4, 0.5) is 11.4 Å². The molecule has 0 saturated carbocycles. The molecule has 132 valence electrons. The van der Waals surface area contributed by atoms with Gasteiger partial charge in [-0.05, 0) is 18.6 Å². The lowest BCUT2D eigenvalue weighted by atomic mass is 10.2. The zero-order valence-electron chi connectivity index (χ0n) is 14.7. The summed E-state index contributed by atoms with van der Waals surface area (Å²) in [6.45, 7) is 2.02. The zero-order valence-corrected chi connectivity index (χ0v) is 14.7. The molecule has 2 aromatic rings. The Kier molecular flexibility index (Phi) is 6.05. The lowest BCUT2D eigenvalue weighted by molar-refractivity contribution is -0.116. The molecule has 0 bridgehead atoms. The van der Waals surface area contributed by atoms with Crippen LogP contribution in [0.15, 0.2) is 41.6 Å². The van der Waals surface area contributed by atoms with E-state index in [0.717, 1.165) is 12.8 Å². The Balaban J connectivity index is 2.25. The van der Waals surface area contributed by atoms with Crippen molar-refractivity contribution < 1.29 is 9.59 Å². The van der Waals surface area contributed by atoms with Crippen molar-refractivity contribution >= 4 is 23.2 Å². The molecule has 0 unspecified atom stereocenters. The van der Waals surface area contributed by atoms with Crippen LogP contribution in [0.1, 0.15) is 36.5 Å². The van der Waals surface area contributed by atoms with Crippen molar-refractivity contribution in [3.63, 3.8) is 0 Å². The van der Waals surface area contributed by atoms with Crippen LogP contribution < -0.4 is 15.8 Å². The molecule has 0 radical (unpaired) electrons. The maximum absolute atomic E-state index is 12.7. The SMILES string of the molecule is CCCCC(=O)Nc1cnccc1N(C)C(=O)c1ccc(=O)n(C)c1. The molecular weight excluding hydrogens is 320 g/mol. The van der Waals surface area contributed by atoms with Gasteiger partial charge in [0.15, 0.2) is 0 Å². The molecule has 0 atom stereocenters. The fraction of sp³-hybridized carbons (Fsp3) is 0.333. The van der Waals surface area contributed by atoms with E-state index in [9.17, 15) is 14.4 Å². The number of anilines is 2. The summed E-state index contributed by atoms with van der Waals surface area (Å²) in [7, 11) is 3.20. The second-order valence-corrected chi connectivity index (χ2v) is 5.78. The summed E-state index contributed by atoms with van der Waals surface area (Å²) in [6, 6.07) is 4.50. The summed E-state index contributed by atoms with van der Waals surface area (Å²) >= 11 is 0. The Bertz CT molecular complexity index is 829. The molecule has 1 N–H and O–H groups in total. The predicted molar refractivity (Wildman–Crippen MR) is 96.8 cm³/mol. The normalized spacial score (nSPS) is 10.4. The van der Waals surface area contributed by atoms with E-state index in [0.29, 0.717) is 23.4 Å². The predicted octanol–water partition coefficient (Wildman–Crippen LogP) is 2.19. The van der Waals surface area contributed by atoms with Gasteiger partial charge in [-0.1, -0.05) is 13.3 Å². The van der Waals surface area contributed by atoms with Crippen LogP contribution in [0.3, 0.4) is 0 Å². The van der Waals surface area contributed by atoms with Crippen LogP contribution in [-0.4, -0.2) is 28.4 Å². The molecule has 2 amide bonds. The molecule has 0 aliphatic heterocycles. The van der Waals surface area contributed by atoms with E-state index < -0.39 is 0 Å². The van der Waals surface area contributed by atoms with Crippen LogP contribution in [0.2, 0.25) is 0 Å². The van der Waals surface area contributed by atoms with Crippen LogP contribution >= 0.6 is 0 Å². The summed E-state index contributed by atoms with van der Waals surface area (Å²) in [5.74, 6) is -0.398. The Morgan fingerprint density at radius 1 is 1.28 bits per heavy atom. The van der Waals surface area contributed by atoms with Crippen molar-refractivity contribution in [1.82, 2.24) is 9.55 Å². The molecule has 2 aromatic heterocycles. The third-order valence-electron chi connectivity index (χ3n) is 3.83. The lowest BCUT2D eigenvalue weighted by Crippen LogP contribution is -2.29. The average Bonchev–Trinajstić information content (AvgIpc) is 2.61. The minimum Gasteiger partial charge on any atom is -0.323 e. The van der Waals surface area contributed by atoms with Crippen LogP contribution in [-0.2, 0) is 11.8 Å². The molecule has 0 aliphatic carbocycles. The summed E-state index contributed by atoms with van der Waals surface area (Å²) in [5, 5.41) is 2.80. The Labute approximate surface area is 146 Å². The van der Waals surface area contributed by atoms with E-state index in [2.05, 4.69) is 10.3 Å². The van der Waals surface area contributed by atoms with Crippen molar-refractivity contribution in [2.75, 3.05) is 17.3 Å². The van der Waals surface area contributed by atoms with E-state index in [1.165, 1.54) is 34.0 Å². The average molecular weight is 342 g/mol. The monoisotopic (exact) mass is 342 g/mol. The van der Waals surface area contributed by atoms with Gasteiger partial charge in [0.05, 0.1) is 23.1 Å². The van der Waals surface area contributed by atoms with E-state index in [-0.39, 0.29) is 17.4 Å². The highest BCUT2D eigenvalue weighted by Crippen LogP contribution is 2.25. The number of nitrogens with one attached hydrogen (secondary N) is 1. The van der Waals surface area contributed by atoms with Gasteiger partial charge in [-0.3, -0.25) is 19.4 Å². The van der Waals surface area contributed by atoms with Gasteiger partial charge in [0.1, 0.15) is 0 Å². The molecule has 0 aliphatic rings. The van der Waals surface area contributed by atoms with Crippen molar-refractivity contribution in [3.8, 4) is 0 Å². The number of carbonyl (C=O) groups excluding carboxylic acids is 2. The minimum absolute atomic E-state index is 0.112. The fourth-order valence-corrected chi connectivity index (χ4v) is 2.35. The highest BCUT2D eigenvalue weighted by molar-refractivity contribution is 6.08. The van der Waals surface area contributed by atoms with Gasteiger partial charge >= 0.3 is 0 Å². The largest absolute Gasteiger partial charge is 0.323 e. The Morgan fingerprint density at radius 2 is 2.04 bits per heavy atom. The lowest BCUT2D eigenvalue weighted by Gasteiger charge is -2.21. The molecule has 7 heteroatoms. The number of pyridine rings is 2. The summed E-state index contributed by atoms with van der Waals surface area (Å²) in [4.78, 5) is 41.6. The highest BCUT2D eigenvalue weighted by atomic mass is 16.2. The van der Waals surface area contributed by atoms with Gasteiger partial charge in [0.25, 0.3) is 5.91 Å². The van der Waals surface area contributed by atoms with E-state index >= 15 is 0 Å². The molecule has 0 saturated heterocycles. The molecule has 2 rings (SSSR count). The first-order chi connectivity index (χ1) is 11.9. The summed E-state index contributed by atoms with van der Waals surface area (Å²) in [6.07, 6.45) is 6.71. The number of aryl methyl sites for hydroxylation is 1. The highest BCUT2D eigenvalue weighted by Gasteiger charge is 2.18. The van der Waals surface area contributed by atoms with Crippen LogP contribution in [0, 0.1) is 0 Å². The van der Waals surface area contributed by atoms with Gasteiger partial charge in [0, 0.05) is 39.0 Å². The standard InChI is InChI=1S/C18H22N4O3/c1-4-5-6-16(23)20-14-11-19-10-9-15(14)22(3)18(25)13-7-8-17(24)21(2)12-13/h7-12H,4-6H2,1-3H3,(H,20,23). The first kappa shape index (κ1) is 18.4. The number of amides is 2. The number of hydrogen-bond acceptors (Lipinski definition) is 4. The minimum atomic E-state index is -0.286. The quantitative estimate of drug-likeness (QED) is 0.872. The second kappa shape index (κ2) is 8.23. The van der Waals surface area contributed by atoms with Crippen molar-refractivity contribution in [2.24, 2.45) is 7.05 Å². The van der Waals surface area contributed by atoms with Gasteiger partial charge < -0.3 is 14.8 Å². The molecule has 0 spiro atoms.